The van der Waals surface area contributed by atoms with Crippen LogP contribution in [0.4, 0.5) is 0 Å². The maximum Gasteiger partial charge on any atom is 0.338 e. The molecule has 1 saturated heterocycles. The van der Waals surface area contributed by atoms with E-state index in [0.717, 1.165) is 24.8 Å². The number of carbonyl (C=O) groups is 2. The Morgan fingerprint density at radius 1 is 1.16 bits per heavy atom. The van der Waals surface area contributed by atoms with E-state index in [1.54, 1.807) is 7.11 Å². The summed E-state index contributed by atoms with van der Waals surface area (Å²) in [7, 11) is 1.60. The second kappa shape index (κ2) is 12.0. The van der Waals surface area contributed by atoms with Crippen molar-refractivity contribution in [2.75, 3.05) is 7.11 Å². The molecule has 0 amide bonds. The third-order valence-corrected chi connectivity index (χ3v) is 6.82. The highest BCUT2D eigenvalue weighted by Gasteiger charge is 2.39. The summed E-state index contributed by atoms with van der Waals surface area (Å²) in [5.41, 5.74) is 0.837. The van der Waals surface area contributed by atoms with Crippen LogP contribution in [-0.2, 0) is 23.8 Å². The van der Waals surface area contributed by atoms with Gasteiger partial charge in [-0.1, -0.05) is 52.3 Å². The lowest BCUT2D eigenvalue weighted by Gasteiger charge is -2.37. The second-order valence-electron chi connectivity index (χ2n) is 9.62. The molecule has 0 unspecified atom stereocenters. The number of aliphatic hydroxyl groups is 2. The molecular weight excluding hydrogens is 412 g/mol. The van der Waals surface area contributed by atoms with Crippen molar-refractivity contribution in [3.63, 3.8) is 0 Å². The Labute approximate surface area is 191 Å². The van der Waals surface area contributed by atoms with Crippen molar-refractivity contribution in [2.45, 2.75) is 90.8 Å². The number of methoxy groups -OCH3 is 1. The molecule has 0 spiro atoms. The summed E-state index contributed by atoms with van der Waals surface area (Å²) >= 11 is 0. The average molecular weight is 453 g/mol. The van der Waals surface area contributed by atoms with Crippen LogP contribution in [0, 0.1) is 23.7 Å². The Kier molecular flexibility index (Phi) is 9.92. The number of hydrogen-bond acceptors (Lipinski definition) is 7. The lowest BCUT2D eigenvalue weighted by Crippen LogP contribution is -2.44. The molecule has 2 heterocycles. The number of rotatable bonds is 4. The molecule has 182 valence electrons. The van der Waals surface area contributed by atoms with Gasteiger partial charge in [-0.05, 0) is 37.2 Å². The van der Waals surface area contributed by atoms with Crippen LogP contribution < -0.4 is 0 Å². The first-order chi connectivity index (χ1) is 15.0. The maximum atomic E-state index is 12.6. The standard InChI is InChI=1S/C25H40O7/c1-14-8-7-9-15(2)23(32-25(29)22(28)19(26)11-10-14)16(3)12-17(4)24-18(5)20(30-6)13-21(27)31-24/h10-12,14-15,17-20,22-24,26,28H,7-9,13H2,1-6H3/b11-10+,16-12+/t14-,15+,17-,18-,19-,20-,22-,23+,24-/m1/s1. The minimum Gasteiger partial charge on any atom is -0.461 e. The molecule has 7 nitrogen and oxygen atoms in total. The third kappa shape index (κ3) is 6.90. The van der Waals surface area contributed by atoms with Crippen molar-refractivity contribution >= 4 is 11.9 Å². The Morgan fingerprint density at radius 2 is 1.84 bits per heavy atom. The predicted octanol–water partition coefficient (Wildman–Crippen LogP) is 3.18. The van der Waals surface area contributed by atoms with Crippen LogP contribution in [0.2, 0.25) is 0 Å². The van der Waals surface area contributed by atoms with Gasteiger partial charge in [0.2, 0.25) is 0 Å². The van der Waals surface area contributed by atoms with Crippen molar-refractivity contribution in [3.8, 4) is 0 Å². The summed E-state index contributed by atoms with van der Waals surface area (Å²) in [6.07, 6.45) is 4.25. The minimum atomic E-state index is -1.64. The predicted molar refractivity (Wildman–Crippen MR) is 121 cm³/mol. The number of allylic oxidation sites excluding steroid dienone is 1. The summed E-state index contributed by atoms with van der Waals surface area (Å²) in [6.45, 7) is 9.96. The number of ether oxygens (including phenoxy) is 3. The van der Waals surface area contributed by atoms with Gasteiger partial charge in [0.1, 0.15) is 18.3 Å². The first-order valence-corrected chi connectivity index (χ1v) is 11.7. The Balaban J connectivity index is 2.24. The fourth-order valence-corrected chi connectivity index (χ4v) is 4.77. The zero-order valence-corrected chi connectivity index (χ0v) is 20.2. The molecule has 32 heavy (non-hydrogen) atoms. The van der Waals surface area contributed by atoms with Crippen LogP contribution in [0.15, 0.2) is 23.8 Å². The number of carbonyl (C=O) groups excluding carboxylic acids is 2. The molecule has 0 saturated carbocycles. The quantitative estimate of drug-likeness (QED) is 0.499. The SMILES string of the molecule is CO[C@@H]1CC(=O)O[C@H]([C@H](C)/C=C(\C)[C@H]2OC(=O)[C@H](O)[C@H](O)/C=C/[C@H](C)CCC[C@@H]2C)[C@@H]1C. The zero-order chi connectivity index (χ0) is 24.0. The zero-order valence-electron chi connectivity index (χ0n) is 20.2. The summed E-state index contributed by atoms with van der Waals surface area (Å²) in [5.74, 6) is -0.936. The molecule has 0 aromatic carbocycles. The van der Waals surface area contributed by atoms with E-state index >= 15 is 0 Å². The van der Waals surface area contributed by atoms with Crippen molar-refractivity contribution < 1.29 is 34.0 Å². The minimum absolute atomic E-state index is 0.0262. The van der Waals surface area contributed by atoms with Gasteiger partial charge in [-0.3, -0.25) is 4.79 Å². The molecule has 2 N–H and O–H groups in total. The number of hydrogen-bond donors (Lipinski definition) is 2. The van der Waals surface area contributed by atoms with E-state index in [0.29, 0.717) is 0 Å². The molecule has 0 aromatic heterocycles. The van der Waals surface area contributed by atoms with Gasteiger partial charge in [0.25, 0.3) is 0 Å². The van der Waals surface area contributed by atoms with E-state index in [4.69, 9.17) is 14.2 Å². The summed E-state index contributed by atoms with van der Waals surface area (Å²) in [5, 5.41) is 20.4. The van der Waals surface area contributed by atoms with Crippen LogP contribution in [0.25, 0.3) is 0 Å². The Morgan fingerprint density at radius 3 is 2.50 bits per heavy atom. The lowest BCUT2D eigenvalue weighted by molar-refractivity contribution is -0.172. The number of esters is 2. The highest BCUT2D eigenvalue weighted by Crippen LogP contribution is 2.32. The largest absolute Gasteiger partial charge is 0.461 e. The van der Waals surface area contributed by atoms with Crippen LogP contribution in [0.5, 0.6) is 0 Å². The monoisotopic (exact) mass is 452 g/mol. The normalized spacial score (nSPS) is 39.8. The molecule has 2 aliphatic heterocycles. The molecule has 0 radical (unpaired) electrons. The van der Waals surface area contributed by atoms with Crippen LogP contribution >= 0.6 is 0 Å². The van der Waals surface area contributed by atoms with Gasteiger partial charge < -0.3 is 24.4 Å². The maximum absolute atomic E-state index is 12.6. The van der Waals surface area contributed by atoms with Gasteiger partial charge in [-0.25, -0.2) is 4.79 Å². The molecule has 2 aliphatic rings. The molecular formula is C25H40O7. The third-order valence-electron chi connectivity index (χ3n) is 6.82. The van der Waals surface area contributed by atoms with Gasteiger partial charge in [-0.15, -0.1) is 0 Å². The topological polar surface area (TPSA) is 102 Å². The van der Waals surface area contributed by atoms with Crippen molar-refractivity contribution in [3.05, 3.63) is 23.8 Å². The molecule has 2 rings (SSSR count). The van der Waals surface area contributed by atoms with E-state index in [1.807, 2.05) is 39.8 Å². The Bertz CT molecular complexity index is 700. The molecule has 0 bridgehead atoms. The molecule has 1 fully saturated rings. The fraction of sp³-hybridized carbons (Fsp3) is 0.760. The van der Waals surface area contributed by atoms with Crippen molar-refractivity contribution in [1.29, 1.82) is 0 Å². The lowest BCUT2D eigenvalue weighted by atomic mass is 9.83. The van der Waals surface area contributed by atoms with Crippen molar-refractivity contribution in [1.82, 2.24) is 0 Å². The molecule has 7 heteroatoms. The van der Waals surface area contributed by atoms with E-state index in [2.05, 4.69) is 6.92 Å². The molecule has 0 aromatic rings. The van der Waals surface area contributed by atoms with E-state index in [9.17, 15) is 19.8 Å². The van der Waals surface area contributed by atoms with Gasteiger partial charge >= 0.3 is 11.9 Å². The van der Waals surface area contributed by atoms with Gasteiger partial charge in [0.05, 0.1) is 12.5 Å². The molecule has 9 atom stereocenters. The van der Waals surface area contributed by atoms with E-state index in [-0.39, 0.29) is 48.3 Å². The molecule has 0 aliphatic carbocycles. The van der Waals surface area contributed by atoms with E-state index < -0.39 is 24.3 Å². The summed E-state index contributed by atoms with van der Waals surface area (Å²) < 4.78 is 16.8. The Hall–Kier alpha value is -1.70. The van der Waals surface area contributed by atoms with E-state index in [1.165, 1.54) is 6.08 Å². The van der Waals surface area contributed by atoms with Gasteiger partial charge in [0, 0.05) is 18.9 Å². The first-order valence-electron chi connectivity index (χ1n) is 11.7. The highest BCUT2D eigenvalue weighted by molar-refractivity contribution is 5.76. The average Bonchev–Trinajstić information content (AvgIpc) is 2.75. The van der Waals surface area contributed by atoms with Crippen LogP contribution in [0.3, 0.4) is 0 Å². The van der Waals surface area contributed by atoms with Gasteiger partial charge in [0.15, 0.2) is 6.10 Å². The number of cyclic esters (lactones) is 2. The summed E-state index contributed by atoms with van der Waals surface area (Å²) in [4.78, 5) is 24.6. The first kappa shape index (κ1) is 26.6. The smallest absolute Gasteiger partial charge is 0.338 e. The van der Waals surface area contributed by atoms with Crippen LogP contribution in [-0.4, -0.2) is 59.8 Å². The second-order valence-corrected chi connectivity index (χ2v) is 9.62. The fourth-order valence-electron chi connectivity index (χ4n) is 4.77. The van der Waals surface area contributed by atoms with Crippen molar-refractivity contribution in [2.24, 2.45) is 23.7 Å². The van der Waals surface area contributed by atoms with Gasteiger partial charge in [-0.2, -0.15) is 0 Å². The highest BCUT2D eigenvalue weighted by atomic mass is 16.6. The van der Waals surface area contributed by atoms with Crippen LogP contribution in [0.1, 0.15) is 60.3 Å². The summed E-state index contributed by atoms with van der Waals surface area (Å²) in [6, 6.07) is 0. The number of aliphatic hydroxyl groups excluding tert-OH is 2.